The van der Waals surface area contributed by atoms with E-state index in [1.165, 1.54) is 19.2 Å². The van der Waals surface area contributed by atoms with Gasteiger partial charge in [-0.3, -0.25) is 4.79 Å². The van der Waals surface area contributed by atoms with Crippen molar-refractivity contribution >= 4 is 5.91 Å². The molecule has 5 heteroatoms. The molecular weight excluding hydrogens is 232 g/mol. The summed E-state index contributed by atoms with van der Waals surface area (Å²) in [6, 6.07) is 4.72. The molecule has 0 aromatic heterocycles. The van der Waals surface area contributed by atoms with Crippen LogP contribution in [0.1, 0.15) is 17.3 Å². The van der Waals surface area contributed by atoms with Gasteiger partial charge in [0.05, 0.1) is 12.7 Å². The molecule has 2 atom stereocenters. The van der Waals surface area contributed by atoms with Gasteiger partial charge in [-0.15, -0.1) is 0 Å². The monoisotopic (exact) mass is 250 g/mol. The first kappa shape index (κ1) is 12.7. The minimum absolute atomic E-state index is 0.0353. The molecular formula is C13H18N2O3. The van der Waals surface area contributed by atoms with Gasteiger partial charge in [0.2, 0.25) is 0 Å². The molecule has 1 fully saturated rings. The quantitative estimate of drug-likeness (QED) is 0.740. The van der Waals surface area contributed by atoms with Gasteiger partial charge in [0.15, 0.2) is 0 Å². The van der Waals surface area contributed by atoms with Crippen LogP contribution in [0.15, 0.2) is 18.2 Å². The number of hydrogen-bond donors (Lipinski definition) is 3. The lowest BCUT2D eigenvalue weighted by atomic mass is 10.1. The average molecular weight is 250 g/mol. The molecule has 1 saturated heterocycles. The number of aromatic hydroxyl groups is 1. The molecule has 2 rings (SSSR count). The smallest absolute Gasteiger partial charge is 0.255 e. The molecule has 1 aliphatic heterocycles. The molecule has 3 N–H and O–H groups in total. The van der Waals surface area contributed by atoms with Crippen LogP contribution in [0.4, 0.5) is 0 Å². The van der Waals surface area contributed by atoms with Gasteiger partial charge < -0.3 is 20.5 Å². The summed E-state index contributed by atoms with van der Waals surface area (Å²) < 4.78 is 5.05. The number of ether oxygens (including phenoxy) is 1. The van der Waals surface area contributed by atoms with E-state index in [9.17, 15) is 9.90 Å². The van der Waals surface area contributed by atoms with Crippen LogP contribution >= 0.6 is 0 Å². The van der Waals surface area contributed by atoms with E-state index in [-0.39, 0.29) is 23.3 Å². The number of carbonyl (C=O) groups is 1. The fourth-order valence-electron chi connectivity index (χ4n) is 2.07. The van der Waals surface area contributed by atoms with Crippen molar-refractivity contribution in [2.24, 2.45) is 5.92 Å². The number of methoxy groups -OCH3 is 1. The Hall–Kier alpha value is -1.75. The minimum Gasteiger partial charge on any atom is -0.507 e. The SMILES string of the molecule is COc1ccc(O)c(C(=O)NC2CNCC2C)c1. The Bertz CT molecular complexity index is 448. The van der Waals surface area contributed by atoms with Crippen molar-refractivity contribution in [3.63, 3.8) is 0 Å². The van der Waals surface area contributed by atoms with Crippen molar-refractivity contribution in [2.45, 2.75) is 13.0 Å². The van der Waals surface area contributed by atoms with Gasteiger partial charge in [0, 0.05) is 12.6 Å². The van der Waals surface area contributed by atoms with Gasteiger partial charge in [-0.2, -0.15) is 0 Å². The number of benzene rings is 1. The van der Waals surface area contributed by atoms with E-state index in [4.69, 9.17) is 4.74 Å². The molecule has 18 heavy (non-hydrogen) atoms. The number of carbonyl (C=O) groups excluding carboxylic acids is 1. The van der Waals surface area contributed by atoms with Gasteiger partial charge >= 0.3 is 0 Å². The Morgan fingerprint density at radius 3 is 2.89 bits per heavy atom. The Balaban J connectivity index is 2.12. The second kappa shape index (κ2) is 5.27. The molecule has 98 valence electrons. The summed E-state index contributed by atoms with van der Waals surface area (Å²) in [7, 11) is 1.52. The Morgan fingerprint density at radius 2 is 2.28 bits per heavy atom. The van der Waals surface area contributed by atoms with Crippen molar-refractivity contribution in [3.8, 4) is 11.5 Å². The third kappa shape index (κ3) is 2.56. The highest BCUT2D eigenvalue weighted by Gasteiger charge is 2.25. The maximum atomic E-state index is 12.1. The molecule has 0 aliphatic carbocycles. The molecule has 1 aromatic rings. The second-order valence-electron chi connectivity index (χ2n) is 4.60. The second-order valence-corrected chi connectivity index (χ2v) is 4.60. The van der Waals surface area contributed by atoms with Gasteiger partial charge in [-0.25, -0.2) is 0 Å². The average Bonchev–Trinajstić information content (AvgIpc) is 2.75. The Labute approximate surface area is 106 Å². The van der Waals surface area contributed by atoms with Gasteiger partial charge in [-0.1, -0.05) is 6.92 Å². The molecule has 5 nitrogen and oxygen atoms in total. The van der Waals surface area contributed by atoms with Crippen LogP contribution in [0.25, 0.3) is 0 Å². The Morgan fingerprint density at radius 1 is 1.50 bits per heavy atom. The lowest BCUT2D eigenvalue weighted by Gasteiger charge is -2.17. The van der Waals surface area contributed by atoms with Gasteiger partial charge in [-0.05, 0) is 30.7 Å². The summed E-state index contributed by atoms with van der Waals surface area (Å²) in [5, 5.41) is 15.8. The first-order valence-electron chi connectivity index (χ1n) is 6.00. The Kier molecular flexibility index (Phi) is 3.72. The van der Waals surface area contributed by atoms with Crippen molar-refractivity contribution < 1.29 is 14.6 Å². The predicted octanol–water partition coefficient (Wildman–Crippen LogP) is 0.738. The standard InChI is InChI=1S/C13H18N2O3/c1-8-6-14-7-11(8)15-13(17)10-5-9(18-2)3-4-12(10)16/h3-5,8,11,14,16H,6-7H2,1-2H3,(H,15,17). The van der Waals surface area contributed by atoms with Crippen molar-refractivity contribution in [1.82, 2.24) is 10.6 Å². The minimum atomic E-state index is -0.271. The van der Waals surface area contributed by atoms with Gasteiger partial charge in [0.25, 0.3) is 5.91 Å². The van der Waals surface area contributed by atoms with Crippen LogP contribution in [0.3, 0.4) is 0 Å². The van der Waals surface area contributed by atoms with E-state index in [1.54, 1.807) is 6.07 Å². The molecule has 2 unspecified atom stereocenters. The summed E-state index contributed by atoms with van der Waals surface area (Å²) in [4.78, 5) is 12.1. The largest absolute Gasteiger partial charge is 0.507 e. The topological polar surface area (TPSA) is 70.6 Å². The summed E-state index contributed by atoms with van der Waals surface area (Å²) in [5.74, 6) is 0.635. The van der Waals surface area contributed by atoms with Crippen LogP contribution in [0, 0.1) is 5.92 Å². The molecule has 1 aromatic carbocycles. The van der Waals surface area contributed by atoms with E-state index in [2.05, 4.69) is 17.6 Å². The number of amides is 1. The summed E-state index contributed by atoms with van der Waals surface area (Å²) in [6.45, 7) is 3.74. The van der Waals surface area contributed by atoms with E-state index in [1.807, 2.05) is 0 Å². The van der Waals surface area contributed by atoms with Crippen LogP contribution < -0.4 is 15.4 Å². The van der Waals surface area contributed by atoms with Crippen LogP contribution in [0.5, 0.6) is 11.5 Å². The zero-order valence-corrected chi connectivity index (χ0v) is 10.6. The highest BCUT2D eigenvalue weighted by atomic mass is 16.5. The zero-order chi connectivity index (χ0) is 13.1. The maximum absolute atomic E-state index is 12.1. The van der Waals surface area contributed by atoms with Gasteiger partial charge in [0.1, 0.15) is 11.5 Å². The fraction of sp³-hybridized carbons (Fsp3) is 0.462. The normalized spacial score (nSPS) is 22.8. The van der Waals surface area contributed by atoms with Crippen molar-refractivity contribution in [1.29, 1.82) is 0 Å². The van der Waals surface area contributed by atoms with Crippen molar-refractivity contribution in [2.75, 3.05) is 20.2 Å². The van der Waals surface area contributed by atoms with Crippen LogP contribution in [-0.4, -0.2) is 37.3 Å². The van der Waals surface area contributed by atoms with Crippen LogP contribution in [0.2, 0.25) is 0 Å². The fourth-order valence-corrected chi connectivity index (χ4v) is 2.07. The first-order valence-corrected chi connectivity index (χ1v) is 6.00. The zero-order valence-electron chi connectivity index (χ0n) is 10.6. The molecule has 1 amide bonds. The summed E-state index contributed by atoms with van der Waals surface area (Å²) in [5.41, 5.74) is 0.244. The summed E-state index contributed by atoms with van der Waals surface area (Å²) in [6.07, 6.45) is 0. The molecule has 1 heterocycles. The number of hydrogen-bond acceptors (Lipinski definition) is 4. The highest BCUT2D eigenvalue weighted by molar-refractivity contribution is 5.97. The maximum Gasteiger partial charge on any atom is 0.255 e. The molecule has 0 spiro atoms. The van der Waals surface area contributed by atoms with E-state index in [0.29, 0.717) is 11.7 Å². The number of phenolic OH excluding ortho intramolecular Hbond substituents is 1. The lowest BCUT2D eigenvalue weighted by Crippen LogP contribution is -2.39. The van der Waals surface area contributed by atoms with E-state index in [0.717, 1.165) is 13.1 Å². The van der Waals surface area contributed by atoms with E-state index < -0.39 is 0 Å². The number of nitrogens with one attached hydrogen (secondary N) is 2. The molecule has 1 aliphatic rings. The number of rotatable bonds is 3. The lowest BCUT2D eigenvalue weighted by molar-refractivity contribution is 0.0930. The van der Waals surface area contributed by atoms with E-state index >= 15 is 0 Å². The summed E-state index contributed by atoms with van der Waals surface area (Å²) >= 11 is 0. The van der Waals surface area contributed by atoms with Crippen molar-refractivity contribution in [3.05, 3.63) is 23.8 Å². The molecule has 0 saturated carbocycles. The number of phenols is 1. The highest BCUT2D eigenvalue weighted by Crippen LogP contribution is 2.23. The molecule has 0 bridgehead atoms. The third-order valence-electron chi connectivity index (χ3n) is 3.28. The van der Waals surface area contributed by atoms with Crippen LogP contribution in [-0.2, 0) is 0 Å². The first-order chi connectivity index (χ1) is 8.61. The predicted molar refractivity (Wildman–Crippen MR) is 67.9 cm³/mol. The molecule has 0 radical (unpaired) electrons. The third-order valence-corrected chi connectivity index (χ3v) is 3.28.